The predicted octanol–water partition coefficient (Wildman–Crippen LogP) is 3.46. The molecule has 1 aromatic carbocycles. The Labute approximate surface area is 178 Å². The third-order valence-electron chi connectivity index (χ3n) is 7.91. The molecular formula is C24H32N2O4. The number of carbonyl (C=O) groups is 3. The number of amides is 3. The molecule has 0 radical (unpaired) electrons. The zero-order valence-corrected chi connectivity index (χ0v) is 18.5. The SMILES string of the molecule is CC(C)C(C(=O)NC1CCOc2ccccc21)N1C(=O)C2CCC(C)(C1=O)C2(C)C. The number of piperidine rings is 1. The lowest BCUT2D eigenvalue weighted by molar-refractivity contribution is -0.174. The number of para-hydroxylation sites is 1. The van der Waals surface area contributed by atoms with Crippen LogP contribution in [0.3, 0.4) is 0 Å². The van der Waals surface area contributed by atoms with Gasteiger partial charge in [-0.05, 0) is 30.2 Å². The molecular weight excluding hydrogens is 380 g/mol. The summed E-state index contributed by atoms with van der Waals surface area (Å²) in [5.74, 6) is -0.299. The average molecular weight is 413 g/mol. The van der Waals surface area contributed by atoms with Crippen LogP contribution in [-0.4, -0.2) is 35.3 Å². The summed E-state index contributed by atoms with van der Waals surface area (Å²) in [5.41, 5.74) is -0.0800. The van der Waals surface area contributed by atoms with E-state index in [1.165, 1.54) is 4.90 Å². The summed E-state index contributed by atoms with van der Waals surface area (Å²) in [6.45, 7) is 10.3. The molecule has 6 nitrogen and oxygen atoms in total. The van der Waals surface area contributed by atoms with Crippen LogP contribution in [0.4, 0.5) is 0 Å². The van der Waals surface area contributed by atoms with Gasteiger partial charge in [0.25, 0.3) is 0 Å². The van der Waals surface area contributed by atoms with Crippen LogP contribution >= 0.6 is 0 Å². The maximum absolute atomic E-state index is 13.6. The standard InChI is InChI=1S/C24H32N2O4/c1-14(2)19(20(27)25-17-11-13-30-18-9-7-6-8-15(17)18)26-21(28)16-10-12-24(5,22(26)29)23(16,3)4/h6-9,14,16-17,19H,10-13H2,1-5H3,(H,25,27). The largest absolute Gasteiger partial charge is 0.493 e. The van der Waals surface area contributed by atoms with E-state index < -0.39 is 16.9 Å². The molecule has 162 valence electrons. The normalized spacial score (nSPS) is 30.7. The lowest BCUT2D eigenvalue weighted by atomic mass is 9.62. The van der Waals surface area contributed by atoms with Crippen LogP contribution in [0.25, 0.3) is 0 Å². The Balaban J connectivity index is 1.63. The number of fused-ring (bicyclic) bond motifs is 3. The molecule has 0 aromatic heterocycles. The van der Waals surface area contributed by atoms with Crippen LogP contribution < -0.4 is 10.1 Å². The highest BCUT2D eigenvalue weighted by molar-refractivity contribution is 6.07. The van der Waals surface area contributed by atoms with E-state index in [1.54, 1.807) is 0 Å². The first-order valence-electron chi connectivity index (χ1n) is 11.0. The smallest absolute Gasteiger partial charge is 0.244 e. The van der Waals surface area contributed by atoms with Crippen LogP contribution in [-0.2, 0) is 14.4 Å². The van der Waals surface area contributed by atoms with Crippen LogP contribution in [0.15, 0.2) is 24.3 Å². The minimum atomic E-state index is -0.809. The Morgan fingerprint density at radius 3 is 2.57 bits per heavy atom. The van der Waals surface area contributed by atoms with E-state index in [-0.39, 0.29) is 35.6 Å². The number of nitrogens with zero attached hydrogens (tertiary/aromatic N) is 1. The van der Waals surface area contributed by atoms with Crippen LogP contribution in [0.2, 0.25) is 0 Å². The van der Waals surface area contributed by atoms with Gasteiger partial charge < -0.3 is 10.1 Å². The third-order valence-corrected chi connectivity index (χ3v) is 7.91. The molecule has 2 bridgehead atoms. The summed E-state index contributed by atoms with van der Waals surface area (Å²) in [7, 11) is 0. The molecule has 4 atom stereocenters. The Bertz CT molecular complexity index is 893. The highest BCUT2D eigenvalue weighted by Crippen LogP contribution is 2.60. The Morgan fingerprint density at radius 2 is 1.87 bits per heavy atom. The average Bonchev–Trinajstić information content (AvgIpc) is 2.88. The first-order valence-corrected chi connectivity index (χ1v) is 11.0. The fraction of sp³-hybridized carbons (Fsp3) is 0.625. The number of nitrogens with one attached hydrogen (secondary N) is 1. The lowest BCUT2D eigenvalue weighted by Gasteiger charge is -2.50. The second kappa shape index (κ2) is 7.10. The fourth-order valence-corrected chi connectivity index (χ4v) is 5.58. The summed E-state index contributed by atoms with van der Waals surface area (Å²) in [4.78, 5) is 41.7. The van der Waals surface area contributed by atoms with E-state index in [4.69, 9.17) is 4.74 Å². The number of benzene rings is 1. The van der Waals surface area contributed by atoms with E-state index in [0.717, 1.165) is 11.3 Å². The number of ether oxygens (including phenoxy) is 1. The van der Waals surface area contributed by atoms with Gasteiger partial charge in [0, 0.05) is 17.9 Å². The molecule has 2 heterocycles. The lowest BCUT2D eigenvalue weighted by Crippen LogP contribution is -2.65. The number of carbonyl (C=O) groups excluding carboxylic acids is 3. The molecule has 30 heavy (non-hydrogen) atoms. The minimum absolute atomic E-state index is 0.183. The number of likely N-dealkylation sites (tertiary alicyclic amines) is 1. The molecule has 1 saturated heterocycles. The van der Waals surface area contributed by atoms with E-state index in [0.29, 0.717) is 25.9 Å². The Kier molecular flexibility index (Phi) is 4.94. The van der Waals surface area contributed by atoms with Gasteiger partial charge in [-0.3, -0.25) is 19.3 Å². The first kappa shape index (κ1) is 20.9. The van der Waals surface area contributed by atoms with Crippen molar-refractivity contribution >= 4 is 17.7 Å². The molecule has 4 rings (SSSR count). The summed E-state index contributed by atoms with van der Waals surface area (Å²) in [5, 5.41) is 3.11. The molecule has 1 aromatic rings. The molecule has 3 aliphatic rings. The van der Waals surface area contributed by atoms with Crippen molar-refractivity contribution in [2.75, 3.05) is 6.61 Å². The molecule has 2 fully saturated rings. The Morgan fingerprint density at radius 1 is 1.17 bits per heavy atom. The van der Waals surface area contributed by atoms with Gasteiger partial charge in [0.15, 0.2) is 0 Å². The van der Waals surface area contributed by atoms with E-state index in [1.807, 2.05) is 58.9 Å². The third kappa shape index (κ3) is 2.87. The second-order valence-electron chi connectivity index (χ2n) is 10.1. The highest BCUT2D eigenvalue weighted by atomic mass is 16.5. The molecule has 0 spiro atoms. The maximum Gasteiger partial charge on any atom is 0.244 e. The molecule has 1 aliphatic carbocycles. The van der Waals surface area contributed by atoms with Gasteiger partial charge in [-0.1, -0.05) is 52.8 Å². The topological polar surface area (TPSA) is 75.7 Å². The second-order valence-corrected chi connectivity index (χ2v) is 10.1. The Hall–Kier alpha value is -2.37. The van der Waals surface area contributed by atoms with Crippen LogP contribution in [0.1, 0.15) is 65.5 Å². The van der Waals surface area contributed by atoms with Gasteiger partial charge in [-0.25, -0.2) is 0 Å². The van der Waals surface area contributed by atoms with Gasteiger partial charge >= 0.3 is 0 Å². The number of hydrogen-bond donors (Lipinski definition) is 1. The van der Waals surface area contributed by atoms with Crippen molar-refractivity contribution in [2.45, 2.75) is 66.0 Å². The van der Waals surface area contributed by atoms with Crippen molar-refractivity contribution in [1.82, 2.24) is 10.2 Å². The number of hydrogen-bond acceptors (Lipinski definition) is 4. The number of imide groups is 1. The minimum Gasteiger partial charge on any atom is -0.493 e. The van der Waals surface area contributed by atoms with Crippen molar-refractivity contribution < 1.29 is 19.1 Å². The monoisotopic (exact) mass is 412 g/mol. The van der Waals surface area contributed by atoms with Gasteiger partial charge in [-0.2, -0.15) is 0 Å². The molecule has 3 amide bonds. The first-order chi connectivity index (χ1) is 14.1. The zero-order valence-electron chi connectivity index (χ0n) is 18.5. The fourth-order valence-electron chi connectivity index (χ4n) is 5.58. The van der Waals surface area contributed by atoms with E-state index in [9.17, 15) is 14.4 Å². The van der Waals surface area contributed by atoms with Gasteiger partial charge in [-0.15, -0.1) is 0 Å². The molecule has 4 unspecified atom stereocenters. The highest BCUT2D eigenvalue weighted by Gasteiger charge is 2.65. The summed E-state index contributed by atoms with van der Waals surface area (Å²) < 4.78 is 5.70. The molecule has 1 N–H and O–H groups in total. The van der Waals surface area contributed by atoms with Crippen molar-refractivity contribution in [3.8, 4) is 5.75 Å². The van der Waals surface area contributed by atoms with Gasteiger partial charge in [0.05, 0.1) is 18.1 Å². The van der Waals surface area contributed by atoms with Crippen LogP contribution in [0.5, 0.6) is 5.75 Å². The van der Waals surface area contributed by atoms with Crippen molar-refractivity contribution in [3.63, 3.8) is 0 Å². The van der Waals surface area contributed by atoms with E-state index in [2.05, 4.69) is 5.32 Å². The summed E-state index contributed by atoms with van der Waals surface area (Å²) >= 11 is 0. The molecule has 6 heteroatoms. The number of rotatable bonds is 4. The summed E-state index contributed by atoms with van der Waals surface area (Å²) in [6.07, 6.45) is 2.04. The van der Waals surface area contributed by atoms with Crippen molar-refractivity contribution in [3.05, 3.63) is 29.8 Å². The van der Waals surface area contributed by atoms with Crippen molar-refractivity contribution in [2.24, 2.45) is 22.7 Å². The van der Waals surface area contributed by atoms with E-state index >= 15 is 0 Å². The zero-order chi connectivity index (χ0) is 21.8. The van der Waals surface area contributed by atoms with Crippen LogP contribution in [0, 0.1) is 22.7 Å². The van der Waals surface area contributed by atoms with Gasteiger partial charge in [0.2, 0.25) is 17.7 Å². The molecule has 2 aliphatic heterocycles. The summed E-state index contributed by atoms with van der Waals surface area (Å²) in [6, 6.07) is 6.67. The maximum atomic E-state index is 13.6. The quantitative estimate of drug-likeness (QED) is 0.769. The molecule has 1 saturated carbocycles. The van der Waals surface area contributed by atoms with Gasteiger partial charge in [0.1, 0.15) is 11.8 Å². The van der Waals surface area contributed by atoms with Crippen molar-refractivity contribution in [1.29, 1.82) is 0 Å². The predicted molar refractivity (Wildman–Crippen MR) is 113 cm³/mol.